The summed E-state index contributed by atoms with van der Waals surface area (Å²) in [4.78, 5) is 28.1. The lowest BCUT2D eigenvalue weighted by molar-refractivity contribution is 0.0924. The first kappa shape index (κ1) is 20.8. The second-order valence-electron chi connectivity index (χ2n) is 8.10. The lowest BCUT2D eigenvalue weighted by Crippen LogP contribution is -2.28. The second kappa shape index (κ2) is 9.13. The van der Waals surface area contributed by atoms with Crippen LogP contribution in [0.15, 0.2) is 39.5 Å². The van der Waals surface area contributed by atoms with E-state index in [1.165, 1.54) is 32.1 Å². The van der Waals surface area contributed by atoms with Gasteiger partial charge in [0, 0.05) is 39.8 Å². The van der Waals surface area contributed by atoms with E-state index in [-0.39, 0.29) is 18.0 Å². The van der Waals surface area contributed by atoms with Crippen LogP contribution in [0, 0.1) is 13.8 Å². The highest BCUT2D eigenvalue weighted by Crippen LogP contribution is 2.35. The predicted molar refractivity (Wildman–Crippen MR) is 122 cm³/mol. The van der Waals surface area contributed by atoms with E-state index in [9.17, 15) is 9.59 Å². The van der Waals surface area contributed by atoms with Crippen LogP contribution in [-0.4, -0.2) is 16.1 Å². The maximum Gasteiger partial charge on any atom is 0.287 e. The molecular formula is C24H28N2O3S. The first-order valence-corrected chi connectivity index (χ1v) is 11.7. The van der Waals surface area contributed by atoms with Gasteiger partial charge in [-0.3, -0.25) is 9.59 Å². The molecule has 0 aliphatic heterocycles. The van der Waals surface area contributed by atoms with Crippen molar-refractivity contribution >= 4 is 28.6 Å². The molecule has 1 amide bonds. The summed E-state index contributed by atoms with van der Waals surface area (Å²) in [5, 5.41) is 4.54. The number of aryl methyl sites for hydroxylation is 2. The van der Waals surface area contributed by atoms with Gasteiger partial charge in [-0.05, 0) is 44.4 Å². The number of para-hydroxylation sites is 1. The minimum Gasteiger partial charge on any atom is -0.451 e. The third-order valence-corrected chi connectivity index (χ3v) is 7.24. The quantitative estimate of drug-likeness (QED) is 0.568. The highest BCUT2D eigenvalue weighted by atomic mass is 32.2. The van der Waals surface area contributed by atoms with Crippen LogP contribution in [0.5, 0.6) is 0 Å². The number of furan rings is 1. The van der Waals surface area contributed by atoms with Crippen molar-refractivity contribution in [3.8, 4) is 0 Å². The smallest absolute Gasteiger partial charge is 0.287 e. The molecule has 5 nitrogen and oxygen atoms in total. The average Bonchev–Trinajstić information content (AvgIpc) is 3.11. The van der Waals surface area contributed by atoms with E-state index in [1.54, 1.807) is 0 Å². The molecule has 1 aromatic carbocycles. The fraction of sp³-hybridized carbons (Fsp3) is 0.417. The lowest BCUT2D eigenvalue weighted by atomic mass is 10.0. The van der Waals surface area contributed by atoms with E-state index in [0.717, 1.165) is 33.5 Å². The van der Waals surface area contributed by atoms with Gasteiger partial charge in [-0.25, -0.2) is 0 Å². The van der Waals surface area contributed by atoms with Gasteiger partial charge in [-0.15, -0.1) is 0 Å². The molecule has 30 heavy (non-hydrogen) atoms. The van der Waals surface area contributed by atoms with Crippen LogP contribution >= 0.6 is 11.8 Å². The zero-order valence-corrected chi connectivity index (χ0v) is 18.4. The predicted octanol–water partition coefficient (Wildman–Crippen LogP) is 5.23. The molecule has 1 saturated carbocycles. The van der Waals surface area contributed by atoms with Gasteiger partial charge in [0.25, 0.3) is 11.5 Å². The largest absolute Gasteiger partial charge is 0.451 e. The van der Waals surface area contributed by atoms with Gasteiger partial charge < -0.3 is 14.7 Å². The van der Waals surface area contributed by atoms with Gasteiger partial charge in [-0.2, -0.15) is 11.8 Å². The Morgan fingerprint density at radius 1 is 1.17 bits per heavy atom. The fourth-order valence-electron chi connectivity index (χ4n) is 4.21. The zero-order valence-electron chi connectivity index (χ0n) is 17.5. The Balaban J connectivity index is 1.55. The van der Waals surface area contributed by atoms with Crippen LogP contribution in [0.1, 0.15) is 65.0 Å². The number of pyridine rings is 1. The van der Waals surface area contributed by atoms with Gasteiger partial charge in [0.15, 0.2) is 5.76 Å². The molecule has 1 fully saturated rings. The maximum absolute atomic E-state index is 13.0. The molecule has 2 heterocycles. The van der Waals surface area contributed by atoms with Crippen molar-refractivity contribution in [3.63, 3.8) is 0 Å². The zero-order chi connectivity index (χ0) is 21.1. The molecule has 0 saturated heterocycles. The van der Waals surface area contributed by atoms with Crippen molar-refractivity contribution in [1.82, 2.24) is 10.3 Å². The Kier molecular flexibility index (Phi) is 6.32. The van der Waals surface area contributed by atoms with Crippen molar-refractivity contribution in [2.24, 2.45) is 0 Å². The topological polar surface area (TPSA) is 75.1 Å². The lowest BCUT2D eigenvalue weighted by Gasteiger charge is -2.20. The van der Waals surface area contributed by atoms with Gasteiger partial charge in [0.1, 0.15) is 5.58 Å². The monoisotopic (exact) mass is 424 g/mol. The number of nitrogens with one attached hydrogen (secondary N) is 2. The van der Waals surface area contributed by atoms with Crippen LogP contribution in [0.4, 0.5) is 0 Å². The Morgan fingerprint density at radius 3 is 2.70 bits per heavy atom. The molecule has 1 aliphatic carbocycles. The van der Waals surface area contributed by atoms with E-state index < -0.39 is 0 Å². The fourth-order valence-corrected chi connectivity index (χ4v) is 5.56. The van der Waals surface area contributed by atoms with Gasteiger partial charge in [0.05, 0.1) is 0 Å². The molecule has 0 radical (unpaired) electrons. The molecule has 6 heteroatoms. The SMILES string of the molecule is Cc1cc(C)c(CNC(=O)c2oc3ccccc3c2CSC2CCCCC2)c(=O)[nH]1. The van der Waals surface area contributed by atoms with Crippen molar-refractivity contribution < 1.29 is 9.21 Å². The summed E-state index contributed by atoms with van der Waals surface area (Å²) in [6.45, 7) is 3.91. The van der Waals surface area contributed by atoms with Crippen molar-refractivity contribution in [1.29, 1.82) is 0 Å². The highest BCUT2D eigenvalue weighted by molar-refractivity contribution is 7.99. The first-order chi connectivity index (χ1) is 14.5. The minimum absolute atomic E-state index is 0.162. The van der Waals surface area contributed by atoms with Crippen molar-refractivity contribution in [2.75, 3.05) is 0 Å². The Hall–Kier alpha value is -2.47. The van der Waals surface area contributed by atoms with E-state index >= 15 is 0 Å². The Labute approximate surface area is 180 Å². The summed E-state index contributed by atoms with van der Waals surface area (Å²) in [6.07, 6.45) is 6.41. The standard InChI is InChI=1S/C24H28N2O3S/c1-15-12-16(2)26-23(27)19(15)13-25-24(28)22-20(14-30-17-8-4-3-5-9-17)18-10-6-7-11-21(18)29-22/h6-7,10-12,17H,3-5,8-9,13-14H2,1-2H3,(H,25,28)(H,26,27). The van der Waals surface area contributed by atoms with E-state index in [4.69, 9.17) is 4.42 Å². The molecule has 0 spiro atoms. The number of rotatable bonds is 6. The van der Waals surface area contributed by atoms with Gasteiger partial charge >= 0.3 is 0 Å². The average molecular weight is 425 g/mol. The molecule has 0 atom stereocenters. The van der Waals surface area contributed by atoms with Crippen LogP contribution in [-0.2, 0) is 12.3 Å². The second-order valence-corrected chi connectivity index (χ2v) is 9.39. The normalized spacial score (nSPS) is 14.9. The molecule has 0 unspecified atom stereocenters. The van der Waals surface area contributed by atoms with Crippen LogP contribution < -0.4 is 10.9 Å². The third-order valence-electron chi connectivity index (χ3n) is 5.84. The summed E-state index contributed by atoms with van der Waals surface area (Å²) in [6, 6.07) is 9.72. The van der Waals surface area contributed by atoms with E-state index in [0.29, 0.717) is 16.6 Å². The number of thioether (sulfide) groups is 1. The number of amides is 1. The Morgan fingerprint density at radius 2 is 1.93 bits per heavy atom. The number of fused-ring (bicyclic) bond motifs is 1. The van der Waals surface area contributed by atoms with Crippen LogP contribution in [0.25, 0.3) is 11.0 Å². The number of carbonyl (C=O) groups is 1. The van der Waals surface area contributed by atoms with Crippen molar-refractivity contribution in [2.45, 2.75) is 63.5 Å². The molecule has 4 rings (SSSR count). The molecule has 3 aromatic rings. The summed E-state index contributed by atoms with van der Waals surface area (Å²) in [5.41, 5.74) is 3.77. The summed E-state index contributed by atoms with van der Waals surface area (Å²) >= 11 is 1.93. The van der Waals surface area contributed by atoms with Gasteiger partial charge in [0.2, 0.25) is 0 Å². The molecule has 1 aliphatic rings. The number of carbonyl (C=O) groups excluding carboxylic acids is 1. The van der Waals surface area contributed by atoms with Crippen LogP contribution in [0.2, 0.25) is 0 Å². The molecule has 2 N–H and O–H groups in total. The number of hydrogen-bond acceptors (Lipinski definition) is 4. The molecule has 0 bridgehead atoms. The third kappa shape index (κ3) is 4.48. The Bertz CT molecular complexity index is 1110. The molecular weight excluding hydrogens is 396 g/mol. The summed E-state index contributed by atoms with van der Waals surface area (Å²) < 4.78 is 5.96. The van der Waals surface area contributed by atoms with Crippen LogP contribution in [0.3, 0.4) is 0 Å². The minimum atomic E-state index is -0.273. The molecule has 2 aromatic heterocycles. The number of aromatic amines is 1. The summed E-state index contributed by atoms with van der Waals surface area (Å²) in [5.74, 6) is 0.847. The number of aromatic nitrogens is 1. The molecule has 158 valence electrons. The number of hydrogen-bond donors (Lipinski definition) is 2. The van der Waals surface area contributed by atoms with Crippen molar-refractivity contribution in [3.05, 3.63) is 68.8 Å². The number of benzene rings is 1. The summed E-state index contributed by atoms with van der Waals surface area (Å²) in [7, 11) is 0. The van der Waals surface area contributed by atoms with Gasteiger partial charge in [-0.1, -0.05) is 37.5 Å². The number of H-pyrrole nitrogens is 1. The maximum atomic E-state index is 13.0. The highest BCUT2D eigenvalue weighted by Gasteiger charge is 2.23. The van der Waals surface area contributed by atoms with E-state index in [2.05, 4.69) is 10.3 Å². The van der Waals surface area contributed by atoms with E-state index in [1.807, 2.05) is 55.9 Å². The first-order valence-electron chi connectivity index (χ1n) is 10.6.